The molecule has 1 aliphatic rings. The molecule has 38 heavy (non-hydrogen) atoms. The van der Waals surface area contributed by atoms with Crippen molar-refractivity contribution < 1.29 is 14.3 Å². The molecule has 0 radical (unpaired) electrons. The number of carbonyl (C=O) groups excluding carboxylic acids is 1. The summed E-state index contributed by atoms with van der Waals surface area (Å²) in [4.78, 5) is 13.6. The molecule has 0 heterocycles. The fourth-order valence-corrected chi connectivity index (χ4v) is 6.16. The van der Waals surface area contributed by atoms with E-state index in [4.69, 9.17) is 9.47 Å². The number of rotatable bonds is 20. The standard InChI is InChI=1S/C35H52O3/c1-4-5-6-7-8-9-10-11-14-21-29(2)22-15-12-13-20-27-38-34(36)35(28-37-3)32-25-18-16-23-30(32)31-24-17-19-26-33(31)35/h16-19,23-26,29H,4-15,20-22,27-28H2,1-3H3. The van der Waals surface area contributed by atoms with Gasteiger partial charge in [0.2, 0.25) is 0 Å². The molecule has 0 N–H and O–H groups in total. The highest BCUT2D eigenvalue weighted by Crippen LogP contribution is 2.49. The fraction of sp³-hybridized carbons (Fsp3) is 0.629. The Balaban J connectivity index is 1.32. The summed E-state index contributed by atoms with van der Waals surface area (Å²) in [7, 11) is 1.66. The Morgan fingerprint density at radius 3 is 1.71 bits per heavy atom. The molecule has 0 aromatic heterocycles. The molecule has 3 heteroatoms. The van der Waals surface area contributed by atoms with E-state index in [1.54, 1.807) is 7.11 Å². The van der Waals surface area contributed by atoms with Gasteiger partial charge in [0.05, 0.1) is 13.2 Å². The van der Waals surface area contributed by atoms with Crippen molar-refractivity contribution in [2.45, 2.75) is 116 Å². The predicted molar refractivity (Wildman–Crippen MR) is 160 cm³/mol. The number of ether oxygens (including phenoxy) is 2. The first kappa shape index (κ1) is 30.4. The molecule has 1 aliphatic carbocycles. The summed E-state index contributed by atoms with van der Waals surface area (Å²) in [5.41, 5.74) is 3.32. The van der Waals surface area contributed by atoms with Crippen molar-refractivity contribution >= 4 is 5.97 Å². The first-order chi connectivity index (χ1) is 18.6. The Morgan fingerprint density at radius 1 is 0.711 bits per heavy atom. The smallest absolute Gasteiger partial charge is 0.323 e. The van der Waals surface area contributed by atoms with E-state index in [0.717, 1.165) is 41.0 Å². The third-order valence-corrected chi connectivity index (χ3v) is 8.40. The molecular weight excluding hydrogens is 468 g/mol. The first-order valence-corrected chi connectivity index (χ1v) is 15.5. The largest absolute Gasteiger partial charge is 0.465 e. The van der Waals surface area contributed by atoms with E-state index in [0.29, 0.717) is 6.61 Å². The van der Waals surface area contributed by atoms with Crippen LogP contribution in [0.4, 0.5) is 0 Å². The lowest BCUT2D eigenvalue weighted by Gasteiger charge is -2.29. The van der Waals surface area contributed by atoms with Crippen LogP contribution in [-0.4, -0.2) is 26.3 Å². The van der Waals surface area contributed by atoms with E-state index in [9.17, 15) is 4.79 Å². The van der Waals surface area contributed by atoms with Crippen molar-refractivity contribution in [1.29, 1.82) is 0 Å². The van der Waals surface area contributed by atoms with Crippen molar-refractivity contribution in [3.63, 3.8) is 0 Å². The molecule has 0 amide bonds. The van der Waals surface area contributed by atoms with Crippen LogP contribution in [0.15, 0.2) is 48.5 Å². The van der Waals surface area contributed by atoms with Gasteiger partial charge in [0.15, 0.2) is 0 Å². The second kappa shape index (κ2) is 16.7. The normalized spacial score (nSPS) is 14.2. The van der Waals surface area contributed by atoms with Gasteiger partial charge in [-0.2, -0.15) is 0 Å². The lowest BCUT2D eigenvalue weighted by molar-refractivity contribution is -0.151. The maximum Gasteiger partial charge on any atom is 0.323 e. The number of benzene rings is 2. The first-order valence-electron chi connectivity index (χ1n) is 15.5. The van der Waals surface area contributed by atoms with Gasteiger partial charge in [-0.1, -0.05) is 152 Å². The van der Waals surface area contributed by atoms with Gasteiger partial charge in [0, 0.05) is 7.11 Å². The van der Waals surface area contributed by atoms with Crippen molar-refractivity contribution in [2.75, 3.05) is 20.3 Å². The number of methoxy groups -OCH3 is 1. The maximum absolute atomic E-state index is 13.6. The van der Waals surface area contributed by atoms with Crippen LogP contribution in [0.25, 0.3) is 11.1 Å². The summed E-state index contributed by atoms with van der Waals surface area (Å²) in [5, 5.41) is 0. The summed E-state index contributed by atoms with van der Waals surface area (Å²) in [6, 6.07) is 16.3. The molecule has 0 saturated heterocycles. The second-order valence-corrected chi connectivity index (χ2v) is 11.5. The molecule has 0 bridgehead atoms. The van der Waals surface area contributed by atoms with Gasteiger partial charge in [0.25, 0.3) is 0 Å². The average molecular weight is 521 g/mol. The zero-order valence-electron chi connectivity index (χ0n) is 24.4. The number of unbranched alkanes of at least 4 members (excludes halogenated alkanes) is 11. The summed E-state index contributed by atoms with van der Waals surface area (Å²) in [6.45, 7) is 5.46. The van der Waals surface area contributed by atoms with Crippen LogP contribution in [0.2, 0.25) is 0 Å². The van der Waals surface area contributed by atoms with Crippen LogP contribution in [0.5, 0.6) is 0 Å². The van der Waals surface area contributed by atoms with Crippen LogP contribution in [0, 0.1) is 5.92 Å². The van der Waals surface area contributed by atoms with Gasteiger partial charge < -0.3 is 9.47 Å². The SMILES string of the molecule is CCCCCCCCCCCC(C)CCCCCCOC(=O)C1(COC)c2ccccc2-c2ccccc21. The van der Waals surface area contributed by atoms with E-state index in [2.05, 4.69) is 26.0 Å². The maximum atomic E-state index is 13.6. The van der Waals surface area contributed by atoms with Crippen molar-refractivity contribution in [3.05, 3.63) is 59.7 Å². The zero-order valence-corrected chi connectivity index (χ0v) is 24.4. The summed E-state index contributed by atoms with van der Waals surface area (Å²) < 4.78 is 11.5. The lowest BCUT2D eigenvalue weighted by Crippen LogP contribution is -2.41. The second-order valence-electron chi connectivity index (χ2n) is 11.5. The van der Waals surface area contributed by atoms with E-state index in [-0.39, 0.29) is 12.6 Å². The highest BCUT2D eigenvalue weighted by Gasteiger charge is 2.50. The van der Waals surface area contributed by atoms with Crippen LogP contribution in [0.1, 0.15) is 121 Å². The molecule has 2 aromatic carbocycles. The topological polar surface area (TPSA) is 35.5 Å². The lowest BCUT2D eigenvalue weighted by atomic mass is 9.79. The minimum absolute atomic E-state index is 0.189. The van der Waals surface area contributed by atoms with Crippen LogP contribution >= 0.6 is 0 Å². The van der Waals surface area contributed by atoms with Gasteiger partial charge in [0.1, 0.15) is 5.41 Å². The van der Waals surface area contributed by atoms with E-state index >= 15 is 0 Å². The molecule has 0 saturated carbocycles. The number of carbonyl (C=O) groups is 1. The molecule has 210 valence electrons. The average Bonchev–Trinajstić information content (AvgIpc) is 3.22. The quantitative estimate of drug-likeness (QED) is 0.129. The Kier molecular flexibility index (Phi) is 13.4. The van der Waals surface area contributed by atoms with E-state index < -0.39 is 5.41 Å². The van der Waals surface area contributed by atoms with Crippen molar-refractivity contribution in [1.82, 2.24) is 0 Å². The number of esters is 1. The molecule has 1 atom stereocenters. The highest BCUT2D eigenvalue weighted by molar-refractivity contribution is 5.98. The van der Waals surface area contributed by atoms with E-state index in [1.807, 2.05) is 36.4 Å². The van der Waals surface area contributed by atoms with Gasteiger partial charge in [-0.05, 0) is 34.6 Å². The van der Waals surface area contributed by atoms with Crippen LogP contribution in [-0.2, 0) is 19.7 Å². The highest BCUT2D eigenvalue weighted by atomic mass is 16.5. The zero-order chi connectivity index (χ0) is 27.1. The monoisotopic (exact) mass is 520 g/mol. The minimum atomic E-state index is -0.883. The number of hydrogen-bond acceptors (Lipinski definition) is 3. The third-order valence-electron chi connectivity index (χ3n) is 8.40. The van der Waals surface area contributed by atoms with Crippen LogP contribution in [0.3, 0.4) is 0 Å². The third kappa shape index (κ3) is 8.18. The Hall–Kier alpha value is -2.13. The summed E-state index contributed by atoms with van der Waals surface area (Å²) in [6.07, 6.45) is 19.9. The molecule has 3 nitrogen and oxygen atoms in total. The molecule has 0 spiro atoms. The minimum Gasteiger partial charge on any atom is -0.465 e. The van der Waals surface area contributed by atoms with Gasteiger partial charge in [-0.3, -0.25) is 4.79 Å². The van der Waals surface area contributed by atoms with Gasteiger partial charge >= 0.3 is 5.97 Å². The Morgan fingerprint density at radius 2 is 1.18 bits per heavy atom. The predicted octanol–water partition coefficient (Wildman–Crippen LogP) is 9.65. The number of fused-ring (bicyclic) bond motifs is 3. The van der Waals surface area contributed by atoms with Gasteiger partial charge in [-0.25, -0.2) is 0 Å². The summed E-state index contributed by atoms with van der Waals surface area (Å²) >= 11 is 0. The van der Waals surface area contributed by atoms with Crippen molar-refractivity contribution in [2.24, 2.45) is 5.92 Å². The molecular formula is C35H52O3. The summed E-state index contributed by atoms with van der Waals surface area (Å²) in [5.74, 6) is 0.639. The molecule has 0 fully saturated rings. The molecule has 2 aromatic rings. The number of hydrogen-bond donors (Lipinski definition) is 0. The van der Waals surface area contributed by atoms with Gasteiger partial charge in [-0.15, -0.1) is 0 Å². The molecule has 3 rings (SSSR count). The molecule has 0 aliphatic heterocycles. The van der Waals surface area contributed by atoms with E-state index in [1.165, 1.54) is 83.5 Å². The Labute approximate surface area is 232 Å². The van der Waals surface area contributed by atoms with Crippen molar-refractivity contribution in [3.8, 4) is 11.1 Å². The molecule has 1 unspecified atom stereocenters. The Bertz CT molecular complexity index is 904. The van der Waals surface area contributed by atoms with Crippen LogP contribution < -0.4 is 0 Å². The fourth-order valence-electron chi connectivity index (χ4n) is 6.16.